The summed E-state index contributed by atoms with van der Waals surface area (Å²) in [7, 11) is 0. The van der Waals surface area contributed by atoms with Gasteiger partial charge in [0.1, 0.15) is 5.82 Å². The number of fused-ring (bicyclic) bond motifs is 2. The molecule has 1 aromatic carbocycles. The van der Waals surface area contributed by atoms with Crippen molar-refractivity contribution in [2.24, 2.45) is 11.8 Å². The van der Waals surface area contributed by atoms with Crippen LogP contribution in [0.2, 0.25) is 0 Å². The van der Waals surface area contributed by atoms with Gasteiger partial charge in [-0.15, -0.1) is 0 Å². The van der Waals surface area contributed by atoms with Gasteiger partial charge in [0.25, 0.3) is 5.91 Å². The van der Waals surface area contributed by atoms with Crippen LogP contribution in [0.3, 0.4) is 0 Å². The number of allylic oxidation sites excluding steroid dienone is 1. The summed E-state index contributed by atoms with van der Waals surface area (Å²) in [5, 5.41) is 3.30. The molecule has 0 radical (unpaired) electrons. The number of rotatable bonds is 1. The Hall–Kier alpha value is -3.06. The van der Waals surface area contributed by atoms with Crippen molar-refractivity contribution >= 4 is 17.3 Å². The van der Waals surface area contributed by atoms with E-state index in [4.69, 9.17) is 0 Å². The summed E-state index contributed by atoms with van der Waals surface area (Å²) >= 11 is 0. The minimum absolute atomic E-state index is 0.0695. The largest absolute Gasteiger partial charge is 0.370 e. The maximum Gasteiger partial charge on any atom is 0.298 e. The predicted octanol–water partition coefficient (Wildman–Crippen LogP) is 3.35. The standard InChI is InChI=1S/C24H23N3O/c28-23(9-8-17-11-19-7-4-10-25-24(19)26-14-17)27-15-21-12-20(13-22(21)16-27)18-5-2-1-3-6-18/h1-3,5-6,11-12,14,21-22H,4,7,10,13,15-16H2,(H,25,26). The summed E-state index contributed by atoms with van der Waals surface area (Å²) < 4.78 is 0. The number of nitrogens with zero attached hydrogens (tertiary/aromatic N) is 2. The van der Waals surface area contributed by atoms with Gasteiger partial charge in [0.05, 0.1) is 0 Å². The van der Waals surface area contributed by atoms with Gasteiger partial charge in [-0.2, -0.15) is 0 Å². The molecule has 4 nitrogen and oxygen atoms in total. The van der Waals surface area contributed by atoms with Gasteiger partial charge in [0.2, 0.25) is 0 Å². The molecule has 1 fully saturated rings. The molecular formula is C24H23N3O. The summed E-state index contributed by atoms with van der Waals surface area (Å²) in [6.07, 6.45) is 7.30. The summed E-state index contributed by atoms with van der Waals surface area (Å²) in [5.41, 5.74) is 4.74. The molecule has 3 heterocycles. The van der Waals surface area contributed by atoms with Gasteiger partial charge in [-0.3, -0.25) is 4.79 Å². The second kappa shape index (κ2) is 7.16. The first-order valence-corrected chi connectivity index (χ1v) is 10.1. The molecule has 2 aromatic rings. The topological polar surface area (TPSA) is 45.2 Å². The van der Waals surface area contributed by atoms with E-state index in [9.17, 15) is 4.79 Å². The van der Waals surface area contributed by atoms with Gasteiger partial charge < -0.3 is 10.2 Å². The number of pyridine rings is 1. The van der Waals surface area contributed by atoms with Crippen molar-refractivity contribution in [1.82, 2.24) is 9.88 Å². The number of likely N-dealkylation sites (tertiary alicyclic amines) is 1. The highest BCUT2D eigenvalue weighted by molar-refractivity contribution is 5.94. The highest BCUT2D eigenvalue weighted by atomic mass is 16.2. The molecule has 0 saturated carbocycles. The molecule has 1 aliphatic carbocycles. The molecule has 5 rings (SSSR count). The number of carbonyl (C=O) groups is 1. The number of amides is 1. The zero-order valence-corrected chi connectivity index (χ0v) is 15.8. The molecule has 1 N–H and O–H groups in total. The number of aromatic nitrogens is 1. The van der Waals surface area contributed by atoms with Crippen molar-refractivity contribution in [3.8, 4) is 11.8 Å². The normalized spacial score (nSPS) is 22.4. The first kappa shape index (κ1) is 17.1. The molecular weight excluding hydrogens is 346 g/mol. The summed E-state index contributed by atoms with van der Waals surface area (Å²) in [6.45, 7) is 2.56. The van der Waals surface area contributed by atoms with Gasteiger partial charge >= 0.3 is 0 Å². The highest BCUT2D eigenvalue weighted by Crippen LogP contribution is 2.40. The van der Waals surface area contributed by atoms with E-state index in [0.29, 0.717) is 11.8 Å². The SMILES string of the molecule is O=C(C#Cc1cnc2c(c1)CCCN2)N1CC2C=C(c3ccccc3)CC2C1. The van der Waals surface area contributed by atoms with Crippen LogP contribution in [0.1, 0.15) is 29.5 Å². The molecule has 28 heavy (non-hydrogen) atoms. The maximum absolute atomic E-state index is 12.6. The van der Waals surface area contributed by atoms with E-state index in [-0.39, 0.29) is 5.91 Å². The fourth-order valence-electron chi connectivity index (χ4n) is 4.56. The maximum atomic E-state index is 12.6. The van der Waals surface area contributed by atoms with Crippen molar-refractivity contribution in [2.75, 3.05) is 25.0 Å². The van der Waals surface area contributed by atoms with Crippen molar-refractivity contribution < 1.29 is 4.79 Å². The Labute approximate surface area is 165 Å². The number of hydrogen-bond donors (Lipinski definition) is 1. The Morgan fingerprint density at radius 3 is 2.96 bits per heavy atom. The minimum atomic E-state index is -0.0695. The van der Waals surface area contributed by atoms with Crippen LogP contribution < -0.4 is 5.32 Å². The zero-order chi connectivity index (χ0) is 18.9. The second-order valence-electron chi connectivity index (χ2n) is 7.91. The van der Waals surface area contributed by atoms with E-state index >= 15 is 0 Å². The molecule has 2 aliphatic heterocycles. The Balaban J connectivity index is 1.25. The van der Waals surface area contributed by atoms with Gasteiger partial charge in [-0.1, -0.05) is 42.3 Å². The fraction of sp³-hybridized carbons (Fsp3) is 0.333. The van der Waals surface area contributed by atoms with Crippen LogP contribution in [0.4, 0.5) is 5.82 Å². The van der Waals surface area contributed by atoms with E-state index in [2.05, 4.69) is 58.5 Å². The van der Waals surface area contributed by atoms with Crippen molar-refractivity contribution in [3.63, 3.8) is 0 Å². The van der Waals surface area contributed by atoms with Crippen LogP contribution in [0.5, 0.6) is 0 Å². The Morgan fingerprint density at radius 2 is 2.11 bits per heavy atom. The molecule has 1 saturated heterocycles. The lowest BCUT2D eigenvalue weighted by molar-refractivity contribution is -0.124. The fourth-order valence-corrected chi connectivity index (χ4v) is 4.56. The Morgan fingerprint density at radius 1 is 1.21 bits per heavy atom. The van der Waals surface area contributed by atoms with Crippen molar-refractivity contribution in [3.05, 3.63) is 65.4 Å². The van der Waals surface area contributed by atoms with E-state index in [1.807, 2.05) is 11.0 Å². The predicted molar refractivity (Wildman–Crippen MR) is 111 cm³/mol. The number of anilines is 1. The van der Waals surface area contributed by atoms with Gasteiger partial charge in [-0.25, -0.2) is 4.98 Å². The zero-order valence-electron chi connectivity index (χ0n) is 15.8. The van der Waals surface area contributed by atoms with E-state index in [0.717, 1.165) is 50.3 Å². The summed E-state index contributed by atoms with van der Waals surface area (Å²) in [6, 6.07) is 12.6. The average molecular weight is 369 g/mol. The van der Waals surface area contributed by atoms with Gasteiger partial charge in [0.15, 0.2) is 0 Å². The minimum Gasteiger partial charge on any atom is -0.370 e. The molecule has 140 valence electrons. The van der Waals surface area contributed by atoms with Crippen molar-refractivity contribution in [2.45, 2.75) is 19.3 Å². The molecule has 1 aromatic heterocycles. The van der Waals surface area contributed by atoms with Crippen molar-refractivity contribution in [1.29, 1.82) is 0 Å². The van der Waals surface area contributed by atoms with E-state index in [1.54, 1.807) is 6.20 Å². The van der Waals surface area contributed by atoms with Gasteiger partial charge in [-0.05, 0) is 53.9 Å². The molecule has 2 unspecified atom stereocenters. The number of hydrogen-bond acceptors (Lipinski definition) is 3. The first-order chi connectivity index (χ1) is 13.8. The third-order valence-electron chi connectivity index (χ3n) is 6.02. The Bertz CT molecular complexity index is 1000. The molecule has 4 heteroatoms. The van der Waals surface area contributed by atoms with Crippen LogP contribution in [-0.4, -0.2) is 35.4 Å². The highest BCUT2D eigenvalue weighted by Gasteiger charge is 2.37. The third-order valence-corrected chi connectivity index (χ3v) is 6.02. The number of benzene rings is 1. The van der Waals surface area contributed by atoms with Crippen LogP contribution in [0.25, 0.3) is 5.57 Å². The summed E-state index contributed by atoms with van der Waals surface area (Å²) in [4.78, 5) is 18.9. The number of nitrogens with one attached hydrogen (secondary N) is 1. The van der Waals surface area contributed by atoms with Crippen LogP contribution in [0, 0.1) is 23.7 Å². The lowest BCUT2D eigenvalue weighted by Gasteiger charge is -2.16. The van der Waals surface area contributed by atoms with E-state index < -0.39 is 0 Å². The monoisotopic (exact) mass is 369 g/mol. The number of aryl methyl sites for hydroxylation is 1. The lowest BCUT2D eigenvalue weighted by Crippen LogP contribution is -2.27. The summed E-state index contributed by atoms with van der Waals surface area (Å²) in [5.74, 6) is 7.73. The molecule has 0 bridgehead atoms. The molecule has 2 atom stereocenters. The van der Waals surface area contributed by atoms with Gasteiger partial charge in [0, 0.05) is 37.3 Å². The molecule has 3 aliphatic rings. The second-order valence-corrected chi connectivity index (χ2v) is 7.91. The average Bonchev–Trinajstić information content (AvgIpc) is 3.32. The van der Waals surface area contributed by atoms with Crippen LogP contribution in [-0.2, 0) is 11.2 Å². The van der Waals surface area contributed by atoms with Crippen LogP contribution >= 0.6 is 0 Å². The quantitative estimate of drug-likeness (QED) is 0.784. The lowest BCUT2D eigenvalue weighted by atomic mass is 9.98. The Kier molecular flexibility index (Phi) is 4.37. The van der Waals surface area contributed by atoms with E-state index in [1.165, 1.54) is 16.7 Å². The number of carbonyl (C=O) groups excluding carboxylic acids is 1. The third kappa shape index (κ3) is 3.29. The van der Waals surface area contributed by atoms with Crippen LogP contribution in [0.15, 0.2) is 48.7 Å². The first-order valence-electron chi connectivity index (χ1n) is 10.1. The molecule has 1 amide bonds. The smallest absolute Gasteiger partial charge is 0.298 e. The molecule has 0 spiro atoms.